The molecule has 0 aromatic heterocycles. The molecule has 0 amide bonds. The first-order chi connectivity index (χ1) is 10.8. The van der Waals surface area contributed by atoms with Gasteiger partial charge in [-0.2, -0.15) is 0 Å². The molecule has 6 atom stereocenters. The second-order valence-electron chi connectivity index (χ2n) is 8.55. The predicted octanol–water partition coefficient (Wildman–Crippen LogP) is 4.97. The number of hydrogen-bond acceptors (Lipinski definition) is 3. The van der Waals surface area contributed by atoms with Gasteiger partial charge in [0.05, 0.1) is 11.0 Å². The largest absolute Gasteiger partial charge is 0.327 e. The molecule has 0 saturated heterocycles. The number of rotatable bonds is 1. The van der Waals surface area contributed by atoms with Crippen molar-refractivity contribution >= 4 is 5.71 Å². The zero-order chi connectivity index (χ0) is 17.4. The van der Waals surface area contributed by atoms with Crippen LogP contribution >= 0.6 is 0 Å². The topological polar surface area (TPSA) is 67.8 Å². The number of nitrogens with zero attached hydrogens (tertiary/aromatic N) is 2. The summed E-state index contributed by atoms with van der Waals surface area (Å²) < 4.78 is 0. The summed E-state index contributed by atoms with van der Waals surface area (Å²) in [6.07, 6.45) is 5.59. The van der Waals surface area contributed by atoms with Crippen molar-refractivity contribution in [3.63, 3.8) is 0 Å². The maximum atomic E-state index is 10.6. The lowest BCUT2D eigenvalue weighted by molar-refractivity contribution is -0.0723. The highest BCUT2D eigenvalue weighted by Gasteiger charge is 2.59. The molecule has 0 aliphatic heterocycles. The van der Waals surface area contributed by atoms with Gasteiger partial charge in [0.15, 0.2) is 0 Å². The van der Waals surface area contributed by atoms with E-state index >= 15 is 0 Å². The summed E-state index contributed by atoms with van der Waals surface area (Å²) in [4.78, 5) is 10.6. The molecule has 3 saturated carbocycles. The van der Waals surface area contributed by atoms with Gasteiger partial charge >= 0.3 is 0 Å². The van der Waals surface area contributed by atoms with Crippen LogP contribution in [0.25, 0.3) is 0 Å². The average molecular weight is 322 g/mol. The highest BCUT2D eigenvalue weighted by Crippen LogP contribution is 2.62. The van der Waals surface area contributed by atoms with Gasteiger partial charge in [-0.05, 0) is 61.2 Å². The van der Waals surface area contributed by atoms with Gasteiger partial charge in [0.1, 0.15) is 0 Å². The molecule has 2 N–H and O–H groups in total. The van der Waals surface area contributed by atoms with Crippen LogP contribution in [-0.4, -0.2) is 11.8 Å². The van der Waals surface area contributed by atoms with Crippen LogP contribution in [-0.2, 0) is 0 Å². The minimum atomic E-state index is 0.0981. The van der Waals surface area contributed by atoms with Crippen molar-refractivity contribution in [2.75, 3.05) is 0 Å². The molecule has 0 heterocycles. The van der Waals surface area contributed by atoms with E-state index in [9.17, 15) is 4.91 Å². The summed E-state index contributed by atoms with van der Waals surface area (Å²) in [7, 11) is 0. The summed E-state index contributed by atoms with van der Waals surface area (Å²) in [5.41, 5.74) is 7.85. The van der Waals surface area contributed by atoms with Gasteiger partial charge in [0.25, 0.3) is 0 Å². The van der Waals surface area contributed by atoms with Crippen LogP contribution in [0.3, 0.4) is 0 Å². The van der Waals surface area contributed by atoms with Crippen molar-refractivity contribution < 1.29 is 0 Å². The lowest BCUT2D eigenvalue weighted by Crippen LogP contribution is -2.57. The Bertz CT molecular complexity index is 473. The molecule has 0 aromatic rings. The monoisotopic (exact) mass is 321 g/mol. The van der Waals surface area contributed by atoms with Crippen molar-refractivity contribution in [3.05, 3.63) is 4.91 Å². The maximum Gasteiger partial charge on any atom is 0.0797 e. The van der Waals surface area contributed by atoms with E-state index in [-0.39, 0.29) is 10.8 Å². The normalized spacial score (nSPS) is 46.4. The van der Waals surface area contributed by atoms with Crippen LogP contribution in [0.5, 0.6) is 0 Å². The molecule has 0 spiro atoms. The van der Waals surface area contributed by atoms with Crippen molar-refractivity contribution in [2.45, 2.75) is 79.7 Å². The van der Waals surface area contributed by atoms with Crippen molar-refractivity contribution in [1.29, 1.82) is 0 Å². The van der Waals surface area contributed by atoms with Gasteiger partial charge in [-0.25, -0.2) is 0 Å². The highest BCUT2D eigenvalue weighted by molar-refractivity contribution is 5.92. The summed E-state index contributed by atoms with van der Waals surface area (Å²) in [5, 5.41) is 6.79. The summed E-state index contributed by atoms with van der Waals surface area (Å²) in [6.45, 7) is 13.4. The fraction of sp³-hybridized carbons (Fsp3) is 0.947. The summed E-state index contributed by atoms with van der Waals surface area (Å²) in [5.74, 6) is 2.75. The molecule has 3 aliphatic carbocycles. The number of fused-ring (bicyclic) bond motifs is 3. The van der Waals surface area contributed by atoms with Gasteiger partial charge in [-0.15, -0.1) is 10.0 Å². The van der Waals surface area contributed by atoms with Crippen molar-refractivity contribution in [1.82, 2.24) is 0 Å². The first kappa shape index (κ1) is 18.6. The molecule has 3 aliphatic rings. The standard InChI is InChI=1S/C17H29N3O.C2H6/c1-10-9-13(18)16(2,3)11-7-8-17(4)12(15(10)11)5-6-14(17)19-20-21;1-2/h10-13,15H,5-9,18H2,1-4H3;1-2H3/b19-14+;. The highest BCUT2D eigenvalue weighted by atomic mass is 16.3. The third-order valence-electron chi connectivity index (χ3n) is 7.43. The molecular weight excluding hydrogens is 286 g/mol. The van der Waals surface area contributed by atoms with Gasteiger partial charge in [-0.3, -0.25) is 0 Å². The number of hydrogen-bond donors (Lipinski definition) is 1. The summed E-state index contributed by atoms with van der Waals surface area (Å²) >= 11 is 0. The Morgan fingerprint density at radius 2 is 1.78 bits per heavy atom. The second-order valence-corrected chi connectivity index (χ2v) is 8.55. The molecule has 23 heavy (non-hydrogen) atoms. The lowest BCUT2D eigenvalue weighted by Gasteiger charge is -2.58. The van der Waals surface area contributed by atoms with Crippen LogP contribution in [0.4, 0.5) is 0 Å². The van der Waals surface area contributed by atoms with Crippen LogP contribution in [0.1, 0.15) is 73.6 Å². The van der Waals surface area contributed by atoms with Gasteiger partial charge < -0.3 is 5.73 Å². The van der Waals surface area contributed by atoms with E-state index < -0.39 is 0 Å². The van der Waals surface area contributed by atoms with Gasteiger partial charge in [0, 0.05) is 11.5 Å². The molecule has 0 aromatic carbocycles. The fourth-order valence-electron chi connectivity index (χ4n) is 6.00. The average Bonchev–Trinajstić information content (AvgIpc) is 2.84. The Kier molecular flexibility index (Phi) is 5.34. The van der Waals surface area contributed by atoms with E-state index in [1.54, 1.807) is 0 Å². The number of nitrogens with two attached hydrogens (primary N) is 1. The van der Waals surface area contributed by atoms with E-state index in [1.165, 1.54) is 12.8 Å². The second kappa shape index (κ2) is 6.62. The van der Waals surface area contributed by atoms with E-state index in [0.29, 0.717) is 23.8 Å². The van der Waals surface area contributed by atoms with E-state index in [2.05, 4.69) is 38.1 Å². The van der Waals surface area contributed by atoms with Crippen LogP contribution in [0.15, 0.2) is 10.4 Å². The molecule has 132 valence electrons. The first-order valence-corrected chi connectivity index (χ1v) is 9.47. The van der Waals surface area contributed by atoms with Gasteiger partial charge in [0.2, 0.25) is 0 Å². The van der Waals surface area contributed by atoms with E-state index in [4.69, 9.17) is 5.73 Å². The lowest BCUT2D eigenvalue weighted by atomic mass is 9.47. The maximum absolute atomic E-state index is 10.6. The molecule has 4 heteroatoms. The predicted molar refractivity (Wildman–Crippen MR) is 97.2 cm³/mol. The fourth-order valence-corrected chi connectivity index (χ4v) is 6.00. The third-order valence-corrected chi connectivity index (χ3v) is 7.43. The van der Waals surface area contributed by atoms with E-state index in [1.807, 2.05) is 13.8 Å². The van der Waals surface area contributed by atoms with E-state index in [0.717, 1.165) is 30.9 Å². The molecule has 0 radical (unpaired) electrons. The Morgan fingerprint density at radius 1 is 1.13 bits per heavy atom. The Hall–Kier alpha value is -0.770. The SMILES string of the molecule is CC.CC1CC(N)C(C)(C)C2CCC3(C)/C(=N/N=O)CCC3C12. The smallest absolute Gasteiger partial charge is 0.0797 e. The Balaban J connectivity index is 0.000000924. The molecule has 0 bridgehead atoms. The molecule has 3 rings (SSSR count). The summed E-state index contributed by atoms with van der Waals surface area (Å²) in [6, 6.07) is 0.310. The van der Waals surface area contributed by atoms with Crippen LogP contribution in [0.2, 0.25) is 0 Å². The molecule has 6 unspecified atom stereocenters. The van der Waals surface area contributed by atoms with Crippen LogP contribution < -0.4 is 5.73 Å². The third kappa shape index (κ3) is 2.77. The van der Waals surface area contributed by atoms with Crippen molar-refractivity contribution in [2.24, 2.45) is 50.6 Å². The molecular formula is C19H35N3O. The first-order valence-electron chi connectivity index (χ1n) is 9.47. The van der Waals surface area contributed by atoms with Gasteiger partial charge in [-0.1, -0.05) is 41.5 Å². The Labute approximate surface area is 141 Å². The zero-order valence-electron chi connectivity index (χ0n) is 15.8. The van der Waals surface area contributed by atoms with Crippen LogP contribution in [0, 0.1) is 39.4 Å². The van der Waals surface area contributed by atoms with Crippen molar-refractivity contribution in [3.8, 4) is 0 Å². The minimum Gasteiger partial charge on any atom is -0.327 e. The molecule has 4 nitrogen and oxygen atoms in total. The zero-order valence-corrected chi connectivity index (χ0v) is 15.8. The molecule has 3 fully saturated rings. The Morgan fingerprint density at radius 3 is 2.39 bits per heavy atom. The number of nitroso groups, excluding NO2 is 1. The minimum absolute atomic E-state index is 0.0981. The quantitative estimate of drug-likeness (QED) is 0.547.